The lowest BCUT2D eigenvalue weighted by Crippen LogP contribution is -1.92. The quantitative estimate of drug-likeness (QED) is 0.291. The Balaban J connectivity index is 1.36. The lowest BCUT2D eigenvalue weighted by molar-refractivity contribution is 0.619. The highest BCUT2D eigenvalue weighted by molar-refractivity contribution is 7.20. The van der Waals surface area contributed by atoms with Crippen molar-refractivity contribution in [3.8, 4) is 33.4 Å². The monoisotopic (exact) mass is 459 g/mol. The van der Waals surface area contributed by atoms with Crippen LogP contribution in [0.5, 0.6) is 0 Å². The predicted molar refractivity (Wildman–Crippen MR) is 135 cm³/mol. The maximum absolute atomic E-state index is 6.12. The van der Waals surface area contributed by atoms with Gasteiger partial charge in [-0.2, -0.15) is 9.61 Å². The molecule has 0 radical (unpaired) electrons. The number of rotatable bonds is 3. The van der Waals surface area contributed by atoms with E-state index in [1.807, 2.05) is 55.5 Å². The van der Waals surface area contributed by atoms with Gasteiger partial charge in [-0.1, -0.05) is 72.0 Å². The smallest absolute Gasteiger partial charge is 0.235 e. The van der Waals surface area contributed by atoms with Crippen molar-refractivity contribution < 1.29 is 4.42 Å². The summed E-state index contributed by atoms with van der Waals surface area (Å²) < 4.78 is 7.90. The van der Waals surface area contributed by atoms with Crippen LogP contribution in [0.1, 0.15) is 5.56 Å². The fourth-order valence-electron chi connectivity index (χ4n) is 4.37. The Hall–Kier alpha value is -4.36. The molecule has 0 saturated heterocycles. The summed E-state index contributed by atoms with van der Waals surface area (Å²) in [5, 5.41) is 16.6. The number of para-hydroxylation sites is 1. The van der Waals surface area contributed by atoms with Crippen molar-refractivity contribution in [3.63, 3.8) is 0 Å². The highest BCUT2D eigenvalue weighted by Gasteiger charge is 2.21. The molecule has 7 rings (SSSR count). The molecule has 4 aromatic heterocycles. The average Bonchev–Trinajstić information content (AvgIpc) is 3.57. The maximum Gasteiger partial charge on any atom is 0.235 e. The van der Waals surface area contributed by atoms with E-state index < -0.39 is 0 Å². The van der Waals surface area contributed by atoms with E-state index in [1.54, 1.807) is 4.52 Å². The Morgan fingerprint density at radius 1 is 0.794 bits per heavy atom. The molecule has 34 heavy (non-hydrogen) atoms. The van der Waals surface area contributed by atoms with Crippen molar-refractivity contribution in [2.24, 2.45) is 0 Å². The molecule has 0 atom stereocenters. The molecule has 162 valence electrons. The third-order valence-electron chi connectivity index (χ3n) is 6.07. The molecule has 0 amide bonds. The Kier molecular flexibility index (Phi) is 4.13. The molecule has 4 heterocycles. The molecule has 7 aromatic rings. The molecule has 0 bridgehead atoms. The molecule has 0 saturated carbocycles. The van der Waals surface area contributed by atoms with Crippen LogP contribution in [0, 0.1) is 6.92 Å². The predicted octanol–water partition coefficient (Wildman–Crippen LogP) is 6.79. The van der Waals surface area contributed by atoms with E-state index in [1.165, 1.54) is 11.3 Å². The number of furan rings is 1. The van der Waals surface area contributed by atoms with Gasteiger partial charge in [-0.15, -0.1) is 10.2 Å². The fraction of sp³-hybridized carbons (Fsp3) is 0.0370. The molecule has 0 spiro atoms. The van der Waals surface area contributed by atoms with Crippen molar-refractivity contribution in [1.29, 1.82) is 0 Å². The van der Waals surface area contributed by atoms with Crippen LogP contribution in [0.3, 0.4) is 0 Å². The molecule has 0 aliphatic heterocycles. The fourth-order valence-corrected chi connectivity index (χ4v) is 5.24. The normalized spacial score (nSPS) is 11.7. The van der Waals surface area contributed by atoms with Crippen LogP contribution in [0.15, 0.2) is 89.3 Å². The van der Waals surface area contributed by atoms with Crippen LogP contribution >= 0.6 is 11.3 Å². The van der Waals surface area contributed by atoms with Crippen LogP contribution in [0.25, 0.3) is 60.2 Å². The van der Waals surface area contributed by atoms with Gasteiger partial charge in [0.1, 0.15) is 10.6 Å². The van der Waals surface area contributed by atoms with E-state index in [0.717, 1.165) is 54.2 Å². The van der Waals surface area contributed by atoms with Gasteiger partial charge in [0.15, 0.2) is 5.76 Å². The summed E-state index contributed by atoms with van der Waals surface area (Å²) in [6, 6.07) is 28.5. The van der Waals surface area contributed by atoms with Crippen molar-refractivity contribution >= 4 is 38.2 Å². The van der Waals surface area contributed by atoms with Gasteiger partial charge >= 0.3 is 0 Å². The highest BCUT2D eigenvalue weighted by atomic mass is 32.1. The van der Waals surface area contributed by atoms with E-state index in [9.17, 15) is 0 Å². The number of benzene rings is 3. The van der Waals surface area contributed by atoms with E-state index >= 15 is 0 Å². The number of fused-ring (bicyclic) bond motifs is 3. The first-order valence-electron chi connectivity index (χ1n) is 10.9. The molecule has 0 N–H and O–H groups in total. The second-order valence-corrected chi connectivity index (χ2v) is 9.07. The van der Waals surface area contributed by atoms with Gasteiger partial charge in [0.2, 0.25) is 10.8 Å². The molecule has 3 aromatic carbocycles. The van der Waals surface area contributed by atoms with Crippen LogP contribution in [0.4, 0.5) is 0 Å². The minimum absolute atomic E-state index is 0.607. The van der Waals surface area contributed by atoms with E-state index in [2.05, 4.69) is 46.6 Å². The highest BCUT2D eigenvalue weighted by Crippen LogP contribution is 2.36. The number of aryl methyl sites for hydroxylation is 1. The summed E-state index contributed by atoms with van der Waals surface area (Å²) in [6.45, 7) is 2.04. The van der Waals surface area contributed by atoms with Gasteiger partial charge in [0.25, 0.3) is 0 Å². The molecule has 0 aliphatic carbocycles. The van der Waals surface area contributed by atoms with Gasteiger partial charge in [-0.3, -0.25) is 0 Å². The van der Waals surface area contributed by atoms with E-state index in [-0.39, 0.29) is 0 Å². The zero-order valence-electron chi connectivity index (χ0n) is 18.1. The van der Waals surface area contributed by atoms with Crippen molar-refractivity contribution in [3.05, 3.63) is 90.5 Å². The Labute approximate surface area is 198 Å². The molecule has 0 aliphatic rings. The zero-order valence-corrected chi connectivity index (χ0v) is 19.0. The van der Waals surface area contributed by atoms with Crippen molar-refractivity contribution in [2.45, 2.75) is 6.92 Å². The van der Waals surface area contributed by atoms with Crippen molar-refractivity contribution in [2.75, 3.05) is 0 Å². The van der Waals surface area contributed by atoms with Gasteiger partial charge in [-0.05, 0) is 31.2 Å². The van der Waals surface area contributed by atoms with Gasteiger partial charge in [0.05, 0.1) is 11.2 Å². The van der Waals surface area contributed by atoms with Gasteiger partial charge < -0.3 is 4.42 Å². The average molecular weight is 460 g/mol. The van der Waals surface area contributed by atoms with Crippen LogP contribution < -0.4 is 0 Å². The number of aromatic nitrogens is 5. The number of hydrogen-bond acceptors (Lipinski definition) is 6. The lowest BCUT2D eigenvalue weighted by Gasteiger charge is -2.06. The largest absolute Gasteiger partial charge is 0.452 e. The molecular weight excluding hydrogens is 442 g/mol. The first-order valence-corrected chi connectivity index (χ1v) is 11.7. The molecule has 7 heteroatoms. The first-order chi connectivity index (χ1) is 16.8. The summed E-state index contributed by atoms with van der Waals surface area (Å²) in [4.78, 5) is 5.62. The summed E-state index contributed by atoms with van der Waals surface area (Å²) >= 11 is 1.50. The third-order valence-corrected chi connectivity index (χ3v) is 7.00. The number of nitrogens with zero attached hydrogens (tertiary/aromatic N) is 5. The van der Waals surface area contributed by atoms with Gasteiger partial charge in [-0.25, -0.2) is 4.98 Å². The second-order valence-electron chi connectivity index (χ2n) is 8.11. The second kappa shape index (κ2) is 7.33. The molecule has 0 unspecified atom stereocenters. The SMILES string of the molecule is Cc1c(-c2nnc3sc(-c4cccc5nc(-c6ccccc6)ccc45)nn23)oc2ccccc12. The Bertz CT molecular complexity index is 1830. The lowest BCUT2D eigenvalue weighted by atomic mass is 10.1. The van der Waals surface area contributed by atoms with E-state index in [0.29, 0.717) is 11.6 Å². The Morgan fingerprint density at radius 2 is 1.65 bits per heavy atom. The molecule has 0 fully saturated rings. The number of hydrogen-bond donors (Lipinski definition) is 0. The van der Waals surface area contributed by atoms with Gasteiger partial charge in [0, 0.05) is 27.5 Å². The van der Waals surface area contributed by atoms with Crippen LogP contribution in [-0.4, -0.2) is 24.8 Å². The van der Waals surface area contributed by atoms with Crippen molar-refractivity contribution in [1.82, 2.24) is 24.8 Å². The summed E-state index contributed by atoms with van der Waals surface area (Å²) in [5.74, 6) is 1.30. The summed E-state index contributed by atoms with van der Waals surface area (Å²) in [6.07, 6.45) is 0. The first kappa shape index (κ1) is 19.1. The standard InChI is InChI=1S/C27H17N5OS/c1-16-18-10-5-6-13-23(18)33-24(16)25-29-30-27-32(25)31-26(34-27)20-11-7-12-22-19(20)14-15-21(28-22)17-8-3-2-4-9-17/h2-15H,1H3. The molecular formula is C27H17N5OS. The summed E-state index contributed by atoms with van der Waals surface area (Å²) in [7, 11) is 0. The minimum atomic E-state index is 0.607. The maximum atomic E-state index is 6.12. The minimum Gasteiger partial charge on any atom is -0.452 e. The summed E-state index contributed by atoms with van der Waals surface area (Å²) in [5.41, 5.74) is 5.86. The Morgan fingerprint density at radius 3 is 2.53 bits per heavy atom. The zero-order chi connectivity index (χ0) is 22.6. The molecule has 6 nitrogen and oxygen atoms in total. The number of pyridine rings is 1. The van der Waals surface area contributed by atoms with Crippen LogP contribution in [0.2, 0.25) is 0 Å². The third kappa shape index (κ3) is 2.87. The van der Waals surface area contributed by atoms with Crippen LogP contribution in [-0.2, 0) is 0 Å². The van der Waals surface area contributed by atoms with E-state index in [4.69, 9.17) is 14.5 Å². The topological polar surface area (TPSA) is 69.1 Å².